The molecule has 0 amide bonds. The number of nitrogens with zero attached hydrogens (tertiary/aromatic N) is 1. The van der Waals surface area contributed by atoms with Crippen molar-refractivity contribution in [3.63, 3.8) is 0 Å². The van der Waals surface area contributed by atoms with Gasteiger partial charge < -0.3 is 9.15 Å². The van der Waals surface area contributed by atoms with E-state index >= 15 is 0 Å². The van der Waals surface area contributed by atoms with Gasteiger partial charge in [-0.05, 0) is 60.8 Å². The summed E-state index contributed by atoms with van der Waals surface area (Å²) in [6.07, 6.45) is 2.28. The molecule has 4 nitrogen and oxygen atoms in total. The number of likely N-dealkylation sites (tertiary alicyclic amines) is 1. The van der Waals surface area contributed by atoms with Gasteiger partial charge in [0.2, 0.25) is 0 Å². The van der Waals surface area contributed by atoms with E-state index in [1.165, 1.54) is 5.56 Å². The Morgan fingerprint density at radius 1 is 1.19 bits per heavy atom. The van der Waals surface area contributed by atoms with Gasteiger partial charge in [0.15, 0.2) is 0 Å². The van der Waals surface area contributed by atoms with Gasteiger partial charge in [-0.1, -0.05) is 28.1 Å². The van der Waals surface area contributed by atoms with Gasteiger partial charge in [-0.15, -0.1) is 0 Å². The number of benzene rings is 2. The van der Waals surface area contributed by atoms with Crippen molar-refractivity contribution in [1.82, 2.24) is 4.90 Å². The highest BCUT2D eigenvalue weighted by atomic mass is 79.9. The predicted octanol–water partition coefficient (Wildman–Crippen LogP) is 4.90. The molecule has 1 aromatic heterocycles. The van der Waals surface area contributed by atoms with Gasteiger partial charge in [0.1, 0.15) is 11.3 Å². The van der Waals surface area contributed by atoms with Gasteiger partial charge in [0.25, 0.3) is 0 Å². The Kier molecular flexibility index (Phi) is 4.83. The molecule has 4 rings (SSSR count). The lowest BCUT2D eigenvalue weighted by molar-refractivity contribution is 0.249. The van der Waals surface area contributed by atoms with Crippen LogP contribution in [0.15, 0.2) is 62.2 Å². The van der Waals surface area contributed by atoms with Crippen LogP contribution in [0, 0.1) is 0 Å². The molecule has 0 N–H and O–H groups in total. The highest BCUT2D eigenvalue weighted by molar-refractivity contribution is 9.10. The van der Waals surface area contributed by atoms with Crippen LogP contribution in [0.5, 0.6) is 5.75 Å². The van der Waals surface area contributed by atoms with E-state index in [4.69, 9.17) is 9.15 Å². The van der Waals surface area contributed by atoms with E-state index < -0.39 is 0 Å². The molecule has 1 saturated heterocycles. The fourth-order valence-electron chi connectivity index (χ4n) is 3.77. The van der Waals surface area contributed by atoms with Crippen LogP contribution >= 0.6 is 15.9 Å². The van der Waals surface area contributed by atoms with Crippen molar-refractivity contribution in [3.8, 4) is 5.75 Å². The van der Waals surface area contributed by atoms with Crippen molar-refractivity contribution in [2.45, 2.75) is 25.4 Å². The lowest BCUT2D eigenvalue weighted by atomic mass is 10.0. The number of rotatable bonds is 4. The lowest BCUT2D eigenvalue weighted by Crippen LogP contribution is -2.23. The van der Waals surface area contributed by atoms with E-state index in [2.05, 4.69) is 33.0 Å². The molecule has 1 aliphatic heterocycles. The van der Waals surface area contributed by atoms with Crippen molar-refractivity contribution < 1.29 is 9.15 Å². The van der Waals surface area contributed by atoms with Crippen molar-refractivity contribution >= 4 is 26.9 Å². The van der Waals surface area contributed by atoms with Crippen LogP contribution in [0.3, 0.4) is 0 Å². The van der Waals surface area contributed by atoms with E-state index in [1.807, 2.05) is 30.3 Å². The minimum absolute atomic E-state index is 0.300. The molecule has 0 saturated carbocycles. The van der Waals surface area contributed by atoms with Crippen LogP contribution in [0.25, 0.3) is 11.0 Å². The van der Waals surface area contributed by atoms with Crippen LogP contribution in [-0.4, -0.2) is 18.6 Å². The van der Waals surface area contributed by atoms with Gasteiger partial charge in [-0.3, -0.25) is 4.90 Å². The normalized spacial score (nSPS) is 17.7. The van der Waals surface area contributed by atoms with E-state index in [-0.39, 0.29) is 5.63 Å². The maximum Gasteiger partial charge on any atom is 0.336 e. The number of ether oxygens (including phenoxy) is 1. The Balaban J connectivity index is 1.65. The maximum atomic E-state index is 12.0. The Bertz CT molecular complexity index is 981. The predicted molar refractivity (Wildman–Crippen MR) is 106 cm³/mol. The Morgan fingerprint density at radius 2 is 2.00 bits per heavy atom. The zero-order valence-corrected chi connectivity index (χ0v) is 16.2. The number of hydrogen-bond donors (Lipinski definition) is 0. The first kappa shape index (κ1) is 17.3. The second-order valence-corrected chi connectivity index (χ2v) is 7.55. The molecule has 134 valence electrons. The maximum absolute atomic E-state index is 12.0. The molecule has 0 unspecified atom stereocenters. The minimum atomic E-state index is -0.300. The zero-order valence-electron chi connectivity index (χ0n) is 14.6. The molecule has 1 aliphatic rings. The molecule has 5 heteroatoms. The molecule has 3 aromatic rings. The fraction of sp³-hybridized carbons (Fsp3) is 0.286. The van der Waals surface area contributed by atoms with Crippen molar-refractivity contribution in [2.75, 3.05) is 13.7 Å². The second kappa shape index (κ2) is 7.25. The molecule has 2 aromatic carbocycles. The monoisotopic (exact) mass is 413 g/mol. The van der Waals surface area contributed by atoms with Gasteiger partial charge >= 0.3 is 5.63 Å². The van der Waals surface area contributed by atoms with Crippen LogP contribution < -0.4 is 10.4 Å². The zero-order chi connectivity index (χ0) is 18.1. The highest BCUT2D eigenvalue weighted by Gasteiger charge is 2.26. The smallest absolute Gasteiger partial charge is 0.336 e. The van der Waals surface area contributed by atoms with E-state index in [9.17, 15) is 4.79 Å². The van der Waals surface area contributed by atoms with Gasteiger partial charge in [0.05, 0.1) is 7.11 Å². The van der Waals surface area contributed by atoms with Gasteiger partial charge in [0, 0.05) is 28.5 Å². The molecular formula is C21H20BrNO3. The number of halogens is 1. The van der Waals surface area contributed by atoms with E-state index in [0.717, 1.165) is 47.1 Å². The van der Waals surface area contributed by atoms with Crippen LogP contribution in [0.1, 0.15) is 30.0 Å². The summed E-state index contributed by atoms with van der Waals surface area (Å²) in [5.41, 5.74) is 2.63. The molecule has 0 aliphatic carbocycles. The van der Waals surface area contributed by atoms with E-state index in [1.54, 1.807) is 13.2 Å². The summed E-state index contributed by atoms with van der Waals surface area (Å²) in [5, 5.41) is 0.994. The summed E-state index contributed by atoms with van der Waals surface area (Å²) in [7, 11) is 1.68. The highest BCUT2D eigenvalue weighted by Crippen LogP contribution is 2.34. The van der Waals surface area contributed by atoms with Crippen molar-refractivity contribution in [3.05, 3.63) is 74.6 Å². The van der Waals surface area contributed by atoms with Crippen LogP contribution in [-0.2, 0) is 6.54 Å². The lowest BCUT2D eigenvalue weighted by Gasteiger charge is -2.25. The first-order valence-corrected chi connectivity index (χ1v) is 9.53. The minimum Gasteiger partial charge on any atom is -0.497 e. The summed E-state index contributed by atoms with van der Waals surface area (Å²) in [4.78, 5) is 14.4. The number of methoxy groups -OCH3 is 1. The molecule has 0 radical (unpaired) electrons. The molecule has 1 fully saturated rings. The topological polar surface area (TPSA) is 42.7 Å². The van der Waals surface area contributed by atoms with Crippen LogP contribution in [0.4, 0.5) is 0 Å². The Labute approximate surface area is 160 Å². The van der Waals surface area contributed by atoms with Crippen molar-refractivity contribution in [2.24, 2.45) is 0 Å². The third-order valence-corrected chi connectivity index (χ3v) is 5.52. The van der Waals surface area contributed by atoms with Gasteiger partial charge in [-0.2, -0.15) is 0 Å². The molecule has 0 bridgehead atoms. The van der Waals surface area contributed by atoms with Crippen LogP contribution in [0.2, 0.25) is 0 Å². The molecule has 2 heterocycles. The average molecular weight is 414 g/mol. The Hall–Kier alpha value is -2.11. The third-order valence-electron chi connectivity index (χ3n) is 5.03. The summed E-state index contributed by atoms with van der Waals surface area (Å²) in [6.45, 7) is 1.76. The molecule has 0 spiro atoms. The average Bonchev–Trinajstić information content (AvgIpc) is 3.09. The Morgan fingerprint density at radius 3 is 2.77 bits per heavy atom. The number of fused-ring (bicyclic) bond motifs is 1. The molecular weight excluding hydrogens is 394 g/mol. The molecule has 26 heavy (non-hydrogen) atoms. The second-order valence-electron chi connectivity index (χ2n) is 6.63. The quantitative estimate of drug-likeness (QED) is 0.570. The summed E-state index contributed by atoms with van der Waals surface area (Å²) < 4.78 is 11.5. The molecule has 1 atom stereocenters. The largest absolute Gasteiger partial charge is 0.497 e. The fourth-order valence-corrected chi connectivity index (χ4v) is 4.11. The standard InChI is InChI=1S/C21H20BrNO3/c1-25-17-7-4-14(5-8-17)19-3-2-10-23(19)13-15-11-21(24)26-20-12-16(22)6-9-18(15)20/h4-9,11-12,19H,2-3,10,13H2,1H3/t19-/m0/s1. The first-order chi connectivity index (χ1) is 12.6. The summed E-state index contributed by atoms with van der Waals surface area (Å²) >= 11 is 3.44. The van der Waals surface area contributed by atoms with Gasteiger partial charge in [-0.25, -0.2) is 4.79 Å². The SMILES string of the molecule is COc1ccc([C@@H]2CCCN2Cc2cc(=O)oc3cc(Br)ccc23)cc1. The summed E-state index contributed by atoms with van der Waals surface area (Å²) in [5.74, 6) is 0.871. The third kappa shape index (κ3) is 3.41. The van der Waals surface area contributed by atoms with Crippen molar-refractivity contribution in [1.29, 1.82) is 0 Å². The van der Waals surface area contributed by atoms with E-state index in [0.29, 0.717) is 11.6 Å². The summed E-state index contributed by atoms with van der Waals surface area (Å²) in [6, 6.07) is 16.1. The number of hydrogen-bond acceptors (Lipinski definition) is 4. The first-order valence-electron chi connectivity index (χ1n) is 8.74.